The molecule has 3 atom stereocenters. The SMILES string of the molecule is COc1ccc(NC2=NC[C@@]3(CN4CC[C@H]3C4)O2)nc1. The molecule has 4 heterocycles. The van der Waals surface area contributed by atoms with Crippen molar-refractivity contribution < 1.29 is 9.47 Å². The number of amidine groups is 1. The fourth-order valence-corrected chi connectivity index (χ4v) is 3.42. The Bertz CT molecular complexity index is 545. The Balaban J connectivity index is 1.43. The maximum absolute atomic E-state index is 6.13. The second-order valence-electron chi connectivity index (χ2n) is 5.72. The van der Waals surface area contributed by atoms with Gasteiger partial charge in [-0.3, -0.25) is 10.2 Å². The number of fused-ring (bicyclic) bond motifs is 3. The minimum atomic E-state index is -0.0902. The van der Waals surface area contributed by atoms with Gasteiger partial charge in [0.2, 0.25) is 0 Å². The summed E-state index contributed by atoms with van der Waals surface area (Å²) in [6, 6.07) is 4.32. The van der Waals surface area contributed by atoms with Crippen LogP contribution in [-0.4, -0.2) is 54.8 Å². The first-order valence-electron chi connectivity index (χ1n) is 7.00. The first-order valence-corrected chi connectivity index (χ1v) is 7.00. The third-order valence-electron chi connectivity index (χ3n) is 4.50. The number of nitrogens with zero attached hydrogens (tertiary/aromatic N) is 3. The molecule has 3 aliphatic heterocycles. The van der Waals surface area contributed by atoms with E-state index in [2.05, 4.69) is 20.2 Å². The lowest BCUT2D eigenvalue weighted by molar-refractivity contribution is 0.0364. The Morgan fingerprint density at radius 3 is 3.10 bits per heavy atom. The number of aromatic nitrogens is 1. The standard InChI is InChI=1S/C14H18N4O2/c1-19-11-2-3-12(15-6-11)17-13-16-8-14(20-13)9-18-5-4-10(14)7-18/h2-3,6,10H,4-5,7-9H2,1H3,(H,15,16,17)/t10-,14-/m0/s1. The Hall–Kier alpha value is -1.82. The molecule has 1 N–H and O–H groups in total. The van der Waals surface area contributed by atoms with Crippen LogP contribution < -0.4 is 10.1 Å². The average Bonchev–Trinajstić information content (AvgIpc) is 3.16. The Morgan fingerprint density at radius 1 is 1.50 bits per heavy atom. The van der Waals surface area contributed by atoms with Crippen molar-refractivity contribution >= 4 is 11.8 Å². The zero-order chi connectivity index (χ0) is 13.6. The molecule has 0 radical (unpaired) electrons. The molecule has 0 saturated carbocycles. The van der Waals surface area contributed by atoms with Crippen molar-refractivity contribution in [3.63, 3.8) is 0 Å². The molecular weight excluding hydrogens is 256 g/mol. The summed E-state index contributed by atoms with van der Waals surface area (Å²) < 4.78 is 11.2. The van der Waals surface area contributed by atoms with Crippen LogP contribution in [0.4, 0.5) is 5.82 Å². The van der Waals surface area contributed by atoms with Gasteiger partial charge in [-0.1, -0.05) is 0 Å². The highest BCUT2D eigenvalue weighted by molar-refractivity contribution is 5.89. The lowest BCUT2D eigenvalue weighted by Gasteiger charge is -2.32. The lowest BCUT2D eigenvalue weighted by atomic mass is 9.88. The van der Waals surface area contributed by atoms with E-state index in [4.69, 9.17) is 9.47 Å². The Kier molecular flexibility index (Phi) is 2.60. The van der Waals surface area contributed by atoms with Crippen LogP contribution in [0.5, 0.6) is 5.75 Å². The number of pyridine rings is 1. The molecule has 106 valence electrons. The lowest BCUT2D eigenvalue weighted by Crippen LogP contribution is -2.46. The first-order chi connectivity index (χ1) is 9.77. The second kappa shape index (κ2) is 4.34. The van der Waals surface area contributed by atoms with Crippen molar-refractivity contribution in [3.05, 3.63) is 18.3 Å². The molecule has 20 heavy (non-hydrogen) atoms. The molecule has 0 amide bonds. The minimum Gasteiger partial charge on any atom is -0.495 e. The van der Waals surface area contributed by atoms with E-state index in [1.165, 1.54) is 13.0 Å². The topological polar surface area (TPSA) is 59.0 Å². The largest absolute Gasteiger partial charge is 0.495 e. The van der Waals surface area contributed by atoms with E-state index >= 15 is 0 Å². The summed E-state index contributed by atoms with van der Waals surface area (Å²) in [6.07, 6.45) is 2.90. The van der Waals surface area contributed by atoms with Gasteiger partial charge in [0.05, 0.1) is 19.9 Å². The Labute approximate surface area is 117 Å². The van der Waals surface area contributed by atoms with Gasteiger partial charge in [-0.15, -0.1) is 0 Å². The van der Waals surface area contributed by atoms with Crippen LogP contribution in [0.15, 0.2) is 23.3 Å². The van der Waals surface area contributed by atoms with Crippen molar-refractivity contribution in [1.29, 1.82) is 0 Å². The van der Waals surface area contributed by atoms with Gasteiger partial charge in [0.25, 0.3) is 6.02 Å². The summed E-state index contributed by atoms with van der Waals surface area (Å²) in [5.74, 6) is 2.08. The number of rotatable bonds is 2. The fraction of sp³-hybridized carbons (Fsp3) is 0.571. The predicted molar refractivity (Wildman–Crippen MR) is 75.1 cm³/mol. The zero-order valence-corrected chi connectivity index (χ0v) is 11.5. The first kappa shape index (κ1) is 12.0. The molecule has 1 aromatic heterocycles. The molecule has 3 aliphatic rings. The molecule has 1 aromatic rings. The minimum absolute atomic E-state index is 0.0902. The van der Waals surface area contributed by atoms with Crippen molar-refractivity contribution in [3.8, 4) is 5.75 Å². The normalized spacial score (nSPS) is 34.1. The van der Waals surface area contributed by atoms with E-state index in [9.17, 15) is 0 Å². The maximum Gasteiger partial charge on any atom is 0.291 e. The van der Waals surface area contributed by atoms with Crippen LogP contribution in [0.25, 0.3) is 0 Å². The van der Waals surface area contributed by atoms with Gasteiger partial charge in [-0.05, 0) is 25.1 Å². The van der Waals surface area contributed by atoms with Crippen LogP contribution in [-0.2, 0) is 4.74 Å². The number of anilines is 1. The fourth-order valence-electron chi connectivity index (χ4n) is 3.42. The maximum atomic E-state index is 6.13. The number of nitrogens with one attached hydrogen (secondary N) is 1. The van der Waals surface area contributed by atoms with Gasteiger partial charge in [0, 0.05) is 19.0 Å². The van der Waals surface area contributed by atoms with E-state index < -0.39 is 0 Å². The van der Waals surface area contributed by atoms with Crippen LogP contribution in [0, 0.1) is 5.92 Å². The molecule has 4 rings (SSSR count). The van der Waals surface area contributed by atoms with Gasteiger partial charge in [-0.2, -0.15) is 0 Å². The molecule has 2 bridgehead atoms. The molecular formula is C14H18N4O2. The number of aliphatic imine (C=N–C) groups is 1. The van der Waals surface area contributed by atoms with Crippen molar-refractivity contribution in [1.82, 2.24) is 9.88 Å². The number of methoxy groups -OCH3 is 1. The summed E-state index contributed by atoms with van der Waals surface area (Å²) in [5, 5.41) is 3.15. The van der Waals surface area contributed by atoms with Crippen molar-refractivity contribution in [2.24, 2.45) is 10.9 Å². The third-order valence-corrected chi connectivity index (χ3v) is 4.50. The second-order valence-corrected chi connectivity index (χ2v) is 5.72. The number of ether oxygens (including phenoxy) is 2. The van der Waals surface area contributed by atoms with Crippen molar-refractivity contribution in [2.45, 2.75) is 12.0 Å². The van der Waals surface area contributed by atoms with E-state index in [-0.39, 0.29) is 5.60 Å². The summed E-state index contributed by atoms with van der Waals surface area (Å²) in [4.78, 5) is 11.2. The van der Waals surface area contributed by atoms with Crippen LogP contribution >= 0.6 is 0 Å². The number of hydrogen-bond donors (Lipinski definition) is 1. The molecule has 1 unspecified atom stereocenters. The zero-order valence-electron chi connectivity index (χ0n) is 11.5. The molecule has 2 saturated heterocycles. The highest BCUT2D eigenvalue weighted by Crippen LogP contribution is 2.41. The van der Waals surface area contributed by atoms with Crippen LogP contribution in [0.1, 0.15) is 6.42 Å². The number of hydrogen-bond acceptors (Lipinski definition) is 6. The van der Waals surface area contributed by atoms with Crippen LogP contribution in [0.3, 0.4) is 0 Å². The summed E-state index contributed by atoms with van der Waals surface area (Å²) in [5.41, 5.74) is -0.0902. The third kappa shape index (κ3) is 1.83. The molecule has 2 fully saturated rings. The molecule has 0 aliphatic carbocycles. The monoisotopic (exact) mass is 274 g/mol. The van der Waals surface area contributed by atoms with Crippen molar-refractivity contribution in [2.75, 3.05) is 38.6 Å². The molecule has 6 heteroatoms. The van der Waals surface area contributed by atoms with Gasteiger partial charge in [0.15, 0.2) is 0 Å². The van der Waals surface area contributed by atoms with Gasteiger partial charge >= 0.3 is 0 Å². The summed E-state index contributed by atoms with van der Waals surface area (Å²) >= 11 is 0. The summed E-state index contributed by atoms with van der Waals surface area (Å²) in [7, 11) is 1.63. The highest BCUT2D eigenvalue weighted by atomic mass is 16.5. The molecule has 0 aromatic carbocycles. The van der Waals surface area contributed by atoms with E-state index in [0.717, 1.165) is 31.2 Å². The van der Waals surface area contributed by atoms with Gasteiger partial charge in [-0.25, -0.2) is 9.98 Å². The number of piperidine rings is 1. The smallest absolute Gasteiger partial charge is 0.291 e. The van der Waals surface area contributed by atoms with Gasteiger partial charge < -0.3 is 9.47 Å². The quantitative estimate of drug-likeness (QED) is 0.870. The highest BCUT2D eigenvalue weighted by Gasteiger charge is 2.54. The molecule has 1 spiro atoms. The van der Waals surface area contributed by atoms with Gasteiger partial charge in [0.1, 0.15) is 17.2 Å². The average molecular weight is 274 g/mol. The van der Waals surface area contributed by atoms with Crippen LogP contribution in [0.2, 0.25) is 0 Å². The van der Waals surface area contributed by atoms with E-state index in [1.54, 1.807) is 13.3 Å². The van der Waals surface area contributed by atoms with E-state index in [1.807, 2.05) is 12.1 Å². The predicted octanol–water partition coefficient (Wildman–Crippen LogP) is 0.963. The van der Waals surface area contributed by atoms with E-state index in [0.29, 0.717) is 11.9 Å². The Morgan fingerprint density at radius 2 is 2.45 bits per heavy atom. The molecule has 6 nitrogen and oxygen atoms in total. The summed E-state index contributed by atoms with van der Waals surface area (Å²) in [6.45, 7) is 4.12.